The lowest BCUT2D eigenvalue weighted by atomic mass is 10.1. The van der Waals surface area contributed by atoms with E-state index >= 15 is 0 Å². The molecule has 0 saturated heterocycles. The van der Waals surface area contributed by atoms with Crippen molar-refractivity contribution < 1.29 is 18.0 Å². The van der Waals surface area contributed by atoms with Gasteiger partial charge in [0.2, 0.25) is 0 Å². The Morgan fingerprint density at radius 2 is 1.80 bits per heavy atom. The van der Waals surface area contributed by atoms with Crippen molar-refractivity contribution in [1.29, 1.82) is 0 Å². The van der Waals surface area contributed by atoms with E-state index in [0.29, 0.717) is 11.3 Å². The largest absolute Gasteiger partial charge is 0.433 e. The summed E-state index contributed by atoms with van der Waals surface area (Å²) in [5, 5.41) is 2.60. The maximum atomic E-state index is 13.4. The minimum absolute atomic E-state index is 0.0183. The van der Waals surface area contributed by atoms with E-state index in [1.165, 1.54) is 43.0 Å². The van der Waals surface area contributed by atoms with Crippen molar-refractivity contribution in [3.05, 3.63) is 84.7 Å². The van der Waals surface area contributed by atoms with Crippen LogP contribution in [0.25, 0.3) is 5.70 Å². The Bertz CT molecular complexity index is 1070. The molecular weight excluding hydrogens is 397 g/mol. The number of pyridine rings is 3. The van der Waals surface area contributed by atoms with Crippen molar-refractivity contribution in [2.24, 2.45) is 10.7 Å². The van der Waals surface area contributed by atoms with Crippen LogP contribution in [0.5, 0.6) is 0 Å². The van der Waals surface area contributed by atoms with Crippen LogP contribution in [0, 0.1) is 0 Å². The second-order valence-electron chi connectivity index (χ2n) is 5.93. The number of amides is 1. The van der Waals surface area contributed by atoms with Crippen LogP contribution in [-0.2, 0) is 0 Å². The van der Waals surface area contributed by atoms with Gasteiger partial charge in [-0.05, 0) is 42.5 Å². The van der Waals surface area contributed by atoms with Crippen LogP contribution in [-0.4, -0.2) is 32.7 Å². The average Bonchev–Trinajstić information content (AvgIpc) is 2.74. The molecule has 152 valence electrons. The van der Waals surface area contributed by atoms with E-state index in [4.69, 9.17) is 5.73 Å². The van der Waals surface area contributed by atoms with Crippen molar-refractivity contribution in [3.63, 3.8) is 0 Å². The number of hydrogen-bond acceptors (Lipinski definition) is 6. The molecule has 0 aliphatic rings. The van der Waals surface area contributed by atoms with Crippen molar-refractivity contribution in [3.8, 4) is 0 Å². The van der Waals surface area contributed by atoms with Crippen LogP contribution in [0.2, 0.25) is 0 Å². The Labute approximate surface area is 169 Å². The van der Waals surface area contributed by atoms with Gasteiger partial charge in [0.15, 0.2) is 0 Å². The van der Waals surface area contributed by atoms with Crippen LogP contribution in [0.1, 0.15) is 16.1 Å². The third-order valence-corrected chi connectivity index (χ3v) is 3.75. The van der Waals surface area contributed by atoms with Gasteiger partial charge >= 0.3 is 6.18 Å². The van der Waals surface area contributed by atoms with Gasteiger partial charge in [-0.25, -0.2) is 9.98 Å². The summed E-state index contributed by atoms with van der Waals surface area (Å²) in [6.07, 6.45) is 2.88. The van der Waals surface area contributed by atoms with Gasteiger partial charge < -0.3 is 11.1 Å². The highest BCUT2D eigenvalue weighted by Crippen LogP contribution is 2.24. The summed E-state index contributed by atoms with van der Waals surface area (Å²) in [5.41, 5.74) is 5.17. The van der Waals surface area contributed by atoms with Crippen LogP contribution >= 0.6 is 0 Å². The fourth-order valence-electron chi connectivity index (χ4n) is 2.30. The summed E-state index contributed by atoms with van der Waals surface area (Å²) in [7, 11) is 0. The summed E-state index contributed by atoms with van der Waals surface area (Å²) in [5.74, 6) is -0.520. The number of anilines is 1. The first-order valence-corrected chi connectivity index (χ1v) is 8.54. The molecule has 3 N–H and O–H groups in total. The summed E-state index contributed by atoms with van der Waals surface area (Å²) in [6, 6.07) is 8.80. The highest BCUT2D eigenvalue weighted by molar-refractivity contribution is 6.05. The highest BCUT2D eigenvalue weighted by Gasteiger charge is 2.34. The number of rotatable bonds is 5. The van der Waals surface area contributed by atoms with Gasteiger partial charge in [-0.2, -0.15) is 13.2 Å². The zero-order chi connectivity index (χ0) is 21.6. The number of aromatic nitrogens is 3. The minimum atomic E-state index is -4.75. The first kappa shape index (κ1) is 20.6. The monoisotopic (exact) mass is 412 g/mol. The number of hydrogen-bond donors (Lipinski definition) is 2. The second kappa shape index (κ2) is 8.95. The van der Waals surface area contributed by atoms with Gasteiger partial charge in [-0.3, -0.25) is 14.8 Å². The van der Waals surface area contributed by atoms with E-state index in [0.717, 1.165) is 12.3 Å². The zero-order valence-corrected chi connectivity index (χ0v) is 15.3. The molecule has 0 bridgehead atoms. The number of nitrogens with zero attached hydrogens (tertiary/aromatic N) is 4. The molecule has 0 unspecified atom stereocenters. The molecule has 3 aromatic rings. The molecule has 0 aliphatic carbocycles. The molecule has 0 aromatic carbocycles. The first-order chi connectivity index (χ1) is 14.3. The van der Waals surface area contributed by atoms with Crippen LogP contribution in [0.15, 0.2) is 78.5 Å². The molecule has 0 saturated carbocycles. The molecule has 0 atom stereocenters. The number of allylic oxidation sites excluding steroid dienone is 1. The van der Waals surface area contributed by atoms with Gasteiger partial charge in [0.1, 0.15) is 11.4 Å². The van der Waals surface area contributed by atoms with E-state index in [1.807, 2.05) is 0 Å². The van der Waals surface area contributed by atoms with Gasteiger partial charge in [-0.1, -0.05) is 0 Å². The molecule has 0 radical (unpaired) electrons. The summed E-state index contributed by atoms with van der Waals surface area (Å²) in [4.78, 5) is 27.3. The lowest BCUT2D eigenvalue weighted by Gasteiger charge is -2.09. The smallest absolute Gasteiger partial charge is 0.398 e. The molecule has 3 heterocycles. The topological polar surface area (TPSA) is 106 Å². The van der Waals surface area contributed by atoms with Crippen LogP contribution in [0.3, 0.4) is 0 Å². The Balaban J connectivity index is 1.83. The van der Waals surface area contributed by atoms with Crippen molar-refractivity contribution in [2.45, 2.75) is 6.18 Å². The van der Waals surface area contributed by atoms with Crippen molar-refractivity contribution in [2.75, 3.05) is 5.32 Å². The molecular formula is C20H15F3N6O. The quantitative estimate of drug-likeness (QED) is 0.621. The Kier molecular flexibility index (Phi) is 6.16. The third kappa shape index (κ3) is 5.47. The van der Waals surface area contributed by atoms with Gasteiger partial charge in [0, 0.05) is 41.7 Å². The second-order valence-corrected chi connectivity index (χ2v) is 5.93. The predicted octanol–water partition coefficient (Wildman–Crippen LogP) is 3.76. The fourth-order valence-corrected chi connectivity index (χ4v) is 2.30. The third-order valence-electron chi connectivity index (χ3n) is 3.75. The maximum Gasteiger partial charge on any atom is 0.433 e. The molecule has 7 nitrogen and oxygen atoms in total. The predicted molar refractivity (Wildman–Crippen MR) is 106 cm³/mol. The maximum absolute atomic E-state index is 13.4. The van der Waals surface area contributed by atoms with E-state index in [9.17, 15) is 18.0 Å². The number of carbonyl (C=O) groups excluding carboxylic acids is 1. The number of aliphatic imine (C=N–C) groups is 1. The molecule has 0 aliphatic heterocycles. The number of carbonyl (C=O) groups is 1. The van der Waals surface area contributed by atoms with Gasteiger partial charge in [0.05, 0.1) is 11.9 Å². The van der Waals surface area contributed by atoms with Crippen LogP contribution in [0.4, 0.5) is 24.5 Å². The first-order valence-electron chi connectivity index (χ1n) is 8.54. The van der Waals surface area contributed by atoms with Crippen LogP contribution < -0.4 is 11.1 Å². The Morgan fingerprint density at radius 3 is 2.40 bits per heavy atom. The number of alkyl halides is 3. The van der Waals surface area contributed by atoms with Crippen molar-refractivity contribution in [1.82, 2.24) is 15.0 Å². The van der Waals surface area contributed by atoms with Crippen molar-refractivity contribution >= 4 is 28.7 Å². The van der Waals surface area contributed by atoms with E-state index in [-0.39, 0.29) is 17.1 Å². The number of halogens is 3. The lowest BCUT2D eigenvalue weighted by molar-refractivity contribution is -0.0576. The fraction of sp³-hybridized carbons (Fsp3) is 0.0500. The summed E-state index contributed by atoms with van der Waals surface area (Å²) >= 11 is 0. The highest BCUT2D eigenvalue weighted by atomic mass is 19.4. The van der Waals surface area contributed by atoms with Gasteiger partial charge in [0.25, 0.3) is 5.91 Å². The van der Waals surface area contributed by atoms with Gasteiger partial charge in [-0.15, -0.1) is 0 Å². The molecule has 0 fully saturated rings. The molecule has 3 rings (SSSR count). The zero-order valence-electron chi connectivity index (χ0n) is 15.3. The molecule has 3 aromatic heterocycles. The molecule has 10 heteroatoms. The summed E-state index contributed by atoms with van der Waals surface area (Å²) in [6.45, 7) is 0. The lowest BCUT2D eigenvalue weighted by Crippen LogP contribution is -2.22. The Morgan fingerprint density at radius 1 is 1.03 bits per heavy atom. The van der Waals surface area contributed by atoms with E-state index < -0.39 is 17.8 Å². The number of nitrogens with two attached hydrogens (primary N) is 1. The summed E-state index contributed by atoms with van der Waals surface area (Å²) < 4.78 is 40.2. The molecule has 0 spiro atoms. The number of nitrogens with one attached hydrogen (secondary N) is 1. The SMILES string of the molecule is NC(=CC(=Nc1ccc(C(=O)Nc2ccncc2)nc1)C(F)(F)F)c1cccnc1. The normalized spacial score (nSPS) is 12.5. The van der Waals surface area contributed by atoms with E-state index in [2.05, 4.69) is 25.3 Å². The van der Waals surface area contributed by atoms with E-state index in [1.54, 1.807) is 18.2 Å². The standard InChI is InChI=1S/C20H15F3N6O/c21-20(22,23)18(10-16(24)13-2-1-7-26-11-13)28-15-3-4-17(27-12-15)19(30)29-14-5-8-25-9-6-14/h1-12H,24H2,(H,25,29,30). The Hall–Kier alpha value is -4.08. The minimum Gasteiger partial charge on any atom is -0.398 e. The average molecular weight is 412 g/mol. The molecule has 1 amide bonds. The molecule has 30 heavy (non-hydrogen) atoms.